The van der Waals surface area contributed by atoms with Crippen LogP contribution in [0.5, 0.6) is 0 Å². The first-order chi connectivity index (χ1) is 15.6. The van der Waals surface area contributed by atoms with E-state index in [-0.39, 0.29) is 6.42 Å². The van der Waals surface area contributed by atoms with Gasteiger partial charge in [0.15, 0.2) is 53.3 Å². The first-order valence-electron chi connectivity index (χ1n) is 10.3. The van der Waals surface area contributed by atoms with Crippen LogP contribution in [0.2, 0.25) is 0 Å². The Morgan fingerprint density at radius 2 is 0.879 bits per heavy atom. The van der Waals surface area contributed by atoms with Gasteiger partial charge in [-0.25, -0.2) is 43.9 Å². The van der Waals surface area contributed by atoms with Crippen molar-refractivity contribution in [3.63, 3.8) is 0 Å². The van der Waals surface area contributed by atoms with E-state index < -0.39 is 82.5 Å². The first kappa shape index (κ1) is 26.8. The van der Waals surface area contributed by atoms with Crippen molar-refractivity contribution >= 4 is 5.69 Å². The Labute approximate surface area is 184 Å². The molecule has 0 radical (unpaired) electrons. The minimum absolute atomic E-state index is 0.145. The molecule has 0 heterocycles. The molecule has 0 unspecified atom stereocenters. The van der Waals surface area contributed by atoms with Crippen LogP contribution in [-0.4, -0.2) is 13.3 Å². The molecule has 0 saturated carbocycles. The van der Waals surface area contributed by atoms with E-state index in [2.05, 4.69) is 0 Å². The van der Waals surface area contributed by atoms with Gasteiger partial charge in [0.1, 0.15) is 0 Å². The van der Waals surface area contributed by atoms with E-state index in [0.717, 1.165) is 25.7 Å². The molecule has 0 aliphatic heterocycles. The van der Waals surface area contributed by atoms with Crippen molar-refractivity contribution in [3.8, 4) is 11.1 Å². The lowest BCUT2D eigenvalue weighted by Gasteiger charge is -2.26. The van der Waals surface area contributed by atoms with E-state index in [1.807, 2.05) is 6.92 Å². The summed E-state index contributed by atoms with van der Waals surface area (Å²) >= 11 is 0. The van der Waals surface area contributed by atoms with Crippen LogP contribution >= 0.6 is 0 Å². The van der Waals surface area contributed by atoms with E-state index in [1.165, 1.54) is 0 Å². The summed E-state index contributed by atoms with van der Waals surface area (Å²) in [5.74, 6) is -22.5. The maximum absolute atomic E-state index is 14.6. The van der Waals surface area contributed by atoms with Gasteiger partial charge in [-0.05, 0) is 6.42 Å². The van der Waals surface area contributed by atoms with Gasteiger partial charge in [0.2, 0.25) is 5.82 Å². The van der Waals surface area contributed by atoms with Crippen LogP contribution in [0.3, 0.4) is 0 Å². The summed E-state index contributed by atoms with van der Waals surface area (Å²) in [5.41, 5.74) is -5.32. The normalized spacial score (nSPS) is 11.4. The molecule has 0 amide bonds. The molecule has 1 nitrogen and oxygen atoms in total. The maximum atomic E-state index is 14.6. The number of hydrogen-bond donors (Lipinski definition) is 0. The minimum Gasteiger partial charge on any atom is -0.341 e. The second kappa shape index (κ2) is 11.6. The smallest absolute Gasteiger partial charge is 0.200 e. The molecular weight excluding hydrogens is 468 g/mol. The zero-order valence-electron chi connectivity index (χ0n) is 17.6. The molecule has 0 spiro atoms. The van der Waals surface area contributed by atoms with Gasteiger partial charge >= 0.3 is 0 Å². The summed E-state index contributed by atoms with van der Waals surface area (Å²) < 4.78 is 140. The molecule has 0 bridgehead atoms. The summed E-state index contributed by atoms with van der Waals surface area (Å²) in [5, 5.41) is 0. The van der Waals surface area contributed by atoms with E-state index >= 15 is 0 Å². The van der Waals surface area contributed by atoms with Crippen molar-refractivity contribution in [2.24, 2.45) is 0 Å². The monoisotopic (exact) mass is 489 g/mol. The zero-order valence-corrected chi connectivity index (χ0v) is 17.6. The topological polar surface area (TPSA) is 3.24 Å². The third kappa shape index (κ3) is 5.38. The molecule has 0 atom stereocenters. The lowest BCUT2D eigenvalue weighted by Crippen LogP contribution is -2.27. The van der Waals surface area contributed by atoms with Crippen LogP contribution in [0.25, 0.3) is 11.1 Å². The molecule has 11 heteroatoms. The van der Waals surface area contributed by atoms with Gasteiger partial charge in [0, 0.05) is 6.54 Å². The van der Waals surface area contributed by atoms with E-state index in [0.29, 0.717) is 17.7 Å². The summed E-state index contributed by atoms with van der Waals surface area (Å²) in [6, 6.07) is 0. The summed E-state index contributed by atoms with van der Waals surface area (Å²) in [7, 11) is 0. The fourth-order valence-electron chi connectivity index (χ4n) is 3.46. The van der Waals surface area contributed by atoms with E-state index in [9.17, 15) is 43.9 Å². The third-order valence-electron chi connectivity index (χ3n) is 5.19. The molecule has 0 aliphatic carbocycles. The molecule has 0 N–H and O–H groups in total. The van der Waals surface area contributed by atoms with Crippen LogP contribution in [0.4, 0.5) is 49.6 Å². The van der Waals surface area contributed by atoms with Crippen molar-refractivity contribution < 1.29 is 43.9 Å². The van der Waals surface area contributed by atoms with Gasteiger partial charge in [-0.1, -0.05) is 45.4 Å². The summed E-state index contributed by atoms with van der Waals surface area (Å²) in [6.45, 7) is -0.0511. The van der Waals surface area contributed by atoms with Crippen LogP contribution in [0, 0.1) is 52.4 Å². The molecule has 0 saturated heterocycles. The van der Waals surface area contributed by atoms with Crippen molar-refractivity contribution in [2.75, 3.05) is 18.2 Å². The molecule has 33 heavy (non-hydrogen) atoms. The predicted molar refractivity (Wildman–Crippen MR) is 103 cm³/mol. The number of halogens is 10. The van der Waals surface area contributed by atoms with Crippen molar-refractivity contribution in [3.05, 3.63) is 52.4 Å². The second-order valence-electron chi connectivity index (χ2n) is 7.43. The Bertz CT molecular complexity index is 963. The van der Waals surface area contributed by atoms with Crippen molar-refractivity contribution in [1.82, 2.24) is 0 Å². The Hall–Kier alpha value is -2.46. The highest BCUT2D eigenvalue weighted by molar-refractivity contribution is 5.81. The SMILES string of the molecule is CCCCCCCCCN(CF)c1c(F)c(F)c(F)c(F)c1-c1c(F)c(F)c(F)c(F)c1F. The highest BCUT2D eigenvalue weighted by Gasteiger charge is 2.35. The van der Waals surface area contributed by atoms with Crippen molar-refractivity contribution in [2.45, 2.75) is 51.9 Å². The van der Waals surface area contributed by atoms with E-state index in [1.54, 1.807) is 0 Å². The molecule has 2 aromatic carbocycles. The molecule has 2 aromatic rings. The standard InChI is InChI=1S/C22H21F10N/c1-2-3-4-5-6-7-8-9-33(10-23)22-12(15(26)18(29)20(31)21(22)32)11-13(24)16(27)19(30)17(28)14(11)25/h2-10H2,1H3. The average molecular weight is 489 g/mol. The van der Waals surface area contributed by atoms with Gasteiger partial charge in [-0.3, -0.25) is 0 Å². The molecular formula is C22H21F10N. The highest BCUT2D eigenvalue weighted by Crippen LogP contribution is 2.42. The molecule has 0 fully saturated rings. The van der Waals surface area contributed by atoms with Crippen molar-refractivity contribution in [1.29, 1.82) is 0 Å². The largest absolute Gasteiger partial charge is 0.341 e. The molecule has 184 valence electrons. The fourth-order valence-corrected chi connectivity index (χ4v) is 3.46. The number of anilines is 1. The lowest BCUT2D eigenvalue weighted by molar-refractivity contribution is 0.378. The average Bonchev–Trinajstić information content (AvgIpc) is 2.81. The molecule has 2 rings (SSSR count). The number of unbranched alkanes of at least 4 members (excludes halogenated alkanes) is 6. The minimum atomic E-state index is -2.60. The summed E-state index contributed by atoms with van der Waals surface area (Å²) in [4.78, 5) is 0.320. The highest BCUT2D eigenvalue weighted by atomic mass is 19.2. The molecule has 0 aromatic heterocycles. The quantitative estimate of drug-likeness (QED) is 0.101. The van der Waals surface area contributed by atoms with Gasteiger partial charge in [0.05, 0.1) is 16.8 Å². The number of alkyl halides is 1. The fraction of sp³-hybridized carbons (Fsp3) is 0.455. The second-order valence-corrected chi connectivity index (χ2v) is 7.43. The number of nitrogens with zero attached hydrogens (tertiary/aromatic N) is 1. The Morgan fingerprint density at radius 3 is 1.36 bits per heavy atom. The Balaban J connectivity index is 2.57. The van der Waals surface area contributed by atoms with Crippen LogP contribution in [0.1, 0.15) is 51.9 Å². The van der Waals surface area contributed by atoms with Crippen LogP contribution < -0.4 is 4.90 Å². The first-order valence-corrected chi connectivity index (χ1v) is 10.3. The Kier molecular flexibility index (Phi) is 9.42. The van der Waals surface area contributed by atoms with Crippen LogP contribution in [-0.2, 0) is 0 Å². The lowest BCUT2D eigenvalue weighted by atomic mass is 9.98. The van der Waals surface area contributed by atoms with Gasteiger partial charge in [-0.2, -0.15) is 0 Å². The zero-order chi connectivity index (χ0) is 24.9. The number of hydrogen-bond acceptors (Lipinski definition) is 1. The van der Waals surface area contributed by atoms with Gasteiger partial charge in [-0.15, -0.1) is 0 Å². The van der Waals surface area contributed by atoms with Crippen LogP contribution in [0.15, 0.2) is 0 Å². The predicted octanol–water partition coefficient (Wildman–Crippen LogP) is 8.09. The summed E-state index contributed by atoms with van der Waals surface area (Å²) in [6.07, 6.45) is 5.10. The number of benzene rings is 2. The Morgan fingerprint density at radius 1 is 0.485 bits per heavy atom. The third-order valence-corrected chi connectivity index (χ3v) is 5.19. The maximum Gasteiger partial charge on any atom is 0.200 e. The molecule has 0 aliphatic rings. The van der Waals surface area contributed by atoms with E-state index in [4.69, 9.17) is 0 Å². The van der Waals surface area contributed by atoms with Gasteiger partial charge in [0.25, 0.3) is 0 Å². The van der Waals surface area contributed by atoms with Gasteiger partial charge < -0.3 is 4.90 Å². The number of rotatable bonds is 11.